The van der Waals surface area contributed by atoms with E-state index in [1.54, 1.807) is 0 Å². The van der Waals surface area contributed by atoms with Gasteiger partial charge in [-0.1, -0.05) is 68.3 Å². The van der Waals surface area contributed by atoms with Crippen molar-refractivity contribution < 1.29 is 14.3 Å². The number of hydrogen-bond acceptors (Lipinski definition) is 3. The lowest BCUT2D eigenvalue weighted by Crippen LogP contribution is -2.19. The molecule has 2 aromatic rings. The van der Waals surface area contributed by atoms with Gasteiger partial charge in [0.15, 0.2) is 17.3 Å². The number of carbonyl (C=O) groups is 1. The second-order valence-electron chi connectivity index (χ2n) is 4.65. The quantitative estimate of drug-likeness (QED) is 0.548. The number of Topliss-reactive ketones (excluding diaryl/α,β-unsaturated/α-hetero) is 1. The molecule has 0 aliphatic carbocycles. The molecule has 3 rings (SSSR count). The van der Waals surface area contributed by atoms with E-state index in [9.17, 15) is 4.79 Å². The van der Waals surface area contributed by atoms with E-state index in [1.807, 2.05) is 48.5 Å². The SMILES string of the molecule is O=C(c1ccccc1)C(Br)C(Br)c1ccc2c(c1)OCO2. The van der Waals surface area contributed by atoms with E-state index in [4.69, 9.17) is 9.47 Å². The molecule has 2 aromatic carbocycles. The minimum Gasteiger partial charge on any atom is -0.454 e. The van der Waals surface area contributed by atoms with Gasteiger partial charge >= 0.3 is 0 Å². The first-order valence-corrected chi connectivity index (χ1v) is 8.27. The molecule has 0 saturated carbocycles. The summed E-state index contributed by atoms with van der Waals surface area (Å²) in [7, 11) is 0. The summed E-state index contributed by atoms with van der Waals surface area (Å²) < 4.78 is 10.7. The summed E-state index contributed by atoms with van der Waals surface area (Å²) in [6.45, 7) is 0.242. The molecule has 0 spiro atoms. The van der Waals surface area contributed by atoms with Gasteiger partial charge in [-0.25, -0.2) is 0 Å². The number of rotatable bonds is 4. The molecule has 0 N–H and O–H groups in total. The van der Waals surface area contributed by atoms with E-state index in [0.29, 0.717) is 11.3 Å². The number of ketones is 1. The van der Waals surface area contributed by atoms with Crippen LogP contribution < -0.4 is 9.47 Å². The fourth-order valence-corrected chi connectivity index (χ4v) is 3.24. The van der Waals surface area contributed by atoms with E-state index >= 15 is 0 Å². The lowest BCUT2D eigenvalue weighted by molar-refractivity contribution is 0.0991. The van der Waals surface area contributed by atoms with Crippen LogP contribution in [0, 0.1) is 0 Å². The van der Waals surface area contributed by atoms with E-state index in [0.717, 1.165) is 11.3 Å². The van der Waals surface area contributed by atoms with Crippen molar-refractivity contribution in [2.75, 3.05) is 6.79 Å². The number of ether oxygens (including phenoxy) is 2. The molecule has 0 saturated heterocycles. The van der Waals surface area contributed by atoms with Crippen molar-refractivity contribution in [1.29, 1.82) is 0 Å². The molecule has 0 radical (unpaired) electrons. The van der Waals surface area contributed by atoms with Crippen LogP contribution in [0.3, 0.4) is 0 Å². The van der Waals surface area contributed by atoms with Gasteiger partial charge in [-0.2, -0.15) is 0 Å². The predicted molar refractivity (Wildman–Crippen MR) is 87.7 cm³/mol. The molecule has 2 atom stereocenters. The zero-order chi connectivity index (χ0) is 14.8. The number of benzene rings is 2. The first-order chi connectivity index (χ1) is 10.2. The van der Waals surface area contributed by atoms with Gasteiger partial charge in [0, 0.05) is 5.56 Å². The van der Waals surface area contributed by atoms with Gasteiger partial charge in [0.05, 0.1) is 9.65 Å². The van der Waals surface area contributed by atoms with E-state index in [1.165, 1.54) is 0 Å². The zero-order valence-corrected chi connectivity index (χ0v) is 14.1. The number of hydrogen-bond donors (Lipinski definition) is 0. The first-order valence-electron chi connectivity index (χ1n) is 6.44. The highest BCUT2D eigenvalue weighted by molar-refractivity contribution is 9.12. The number of alkyl halides is 2. The second kappa shape index (κ2) is 6.20. The largest absolute Gasteiger partial charge is 0.454 e. The summed E-state index contributed by atoms with van der Waals surface area (Å²) in [6, 6.07) is 14.9. The first kappa shape index (κ1) is 14.6. The molecule has 21 heavy (non-hydrogen) atoms. The summed E-state index contributed by atoms with van der Waals surface area (Å²) in [5, 5.41) is 0. The summed E-state index contributed by atoms with van der Waals surface area (Å²) in [5.41, 5.74) is 1.65. The van der Waals surface area contributed by atoms with Crippen LogP contribution in [0.15, 0.2) is 48.5 Å². The summed E-state index contributed by atoms with van der Waals surface area (Å²) in [4.78, 5) is 11.9. The Bertz CT molecular complexity index is 658. The van der Waals surface area contributed by atoms with Gasteiger partial charge in [-0.15, -0.1) is 0 Å². The Morgan fingerprint density at radius 3 is 2.48 bits per heavy atom. The van der Waals surface area contributed by atoms with Crippen LogP contribution in [0.5, 0.6) is 11.5 Å². The van der Waals surface area contributed by atoms with Crippen molar-refractivity contribution in [2.45, 2.75) is 9.65 Å². The Kier molecular flexibility index (Phi) is 4.31. The molecule has 1 heterocycles. The van der Waals surface area contributed by atoms with Crippen LogP contribution in [0.1, 0.15) is 20.7 Å². The molecular formula is C16H12Br2O3. The Morgan fingerprint density at radius 2 is 1.71 bits per heavy atom. The molecule has 5 heteroatoms. The minimum absolute atomic E-state index is 0.0372. The van der Waals surface area contributed by atoms with E-state index < -0.39 is 0 Å². The molecule has 1 aliphatic rings. The topological polar surface area (TPSA) is 35.5 Å². The van der Waals surface area contributed by atoms with Gasteiger partial charge in [-0.3, -0.25) is 4.79 Å². The molecule has 0 amide bonds. The third kappa shape index (κ3) is 2.99. The Labute approximate surface area is 139 Å². The number of fused-ring (bicyclic) bond motifs is 1. The average Bonchev–Trinajstić information content (AvgIpc) is 3.01. The molecule has 3 nitrogen and oxygen atoms in total. The zero-order valence-electron chi connectivity index (χ0n) is 11.0. The molecular weight excluding hydrogens is 400 g/mol. The highest BCUT2D eigenvalue weighted by Crippen LogP contribution is 2.39. The summed E-state index contributed by atoms with van der Waals surface area (Å²) in [5.74, 6) is 1.48. The van der Waals surface area contributed by atoms with Gasteiger partial charge in [0.25, 0.3) is 0 Å². The molecule has 0 aromatic heterocycles. The van der Waals surface area contributed by atoms with Crippen molar-refractivity contribution in [3.63, 3.8) is 0 Å². The fourth-order valence-electron chi connectivity index (χ4n) is 2.15. The van der Waals surface area contributed by atoms with Crippen LogP contribution >= 0.6 is 31.9 Å². The highest BCUT2D eigenvalue weighted by Gasteiger charge is 2.27. The van der Waals surface area contributed by atoms with Crippen molar-refractivity contribution >= 4 is 37.6 Å². The smallest absolute Gasteiger partial charge is 0.231 e. The second-order valence-corrected chi connectivity index (χ2v) is 6.62. The van der Waals surface area contributed by atoms with Crippen LogP contribution in [0.25, 0.3) is 0 Å². The number of halogens is 2. The van der Waals surface area contributed by atoms with Crippen molar-refractivity contribution in [1.82, 2.24) is 0 Å². The lowest BCUT2D eigenvalue weighted by Gasteiger charge is -2.16. The van der Waals surface area contributed by atoms with Gasteiger partial charge < -0.3 is 9.47 Å². The molecule has 2 unspecified atom stereocenters. The maximum atomic E-state index is 12.5. The van der Waals surface area contributed by atoms with Gasteiger partial charge in [-0.05, 0) is 17.7 Å². The molecule has 1 aliphatic heterocycles. The van der Waals surface area contributed by atoms with Gasteiger partial charge in [0.2, 0.25) is 6.79 Å². The molecule has 108 valence electrons. The van der Waals surface area contributed by atoms with Crippen LogP contribution in [-0.4, -0.2) is 17.4 Å². The maximum Gasteiger partial charge on any atom is 0.231 e. The van der Waals surface area contributed by atoms with E-state index in [2.05, 4.69) is 31.9 Å². The lowest BCUT2D eigenvalue weighted by atomic mass is 10.0. The predicted octanol–water partition coefficient (Wildman–Crippen LogP) is 4.50. The van der Waals surface area contributed by atoms with E-state index in [-0.39, 0.29) is 22.2 Å². The van der Waals surface area contributed by atoms with Gasteiger partial charge in [0.1, 0.15) is 0 Å². The van der Waals surface area contributed by atoms with Crippen LogP contribution in [0.2, 0.25) is 0 Å². The highest BCUT2D eigenvalue weighted by atomic mass is 79.9. The normalized spacial score (nSPS) is 15.5. The summed E-state index contributed by atoms with van der Waals surface area (Å²) >= 11 is 7.09. The molecule has 0 bridgehead atoms. The van der Waals surface area contributed by atoms with Crippen molar-refractivity contribution in [3.05, 3.63) is 59.7 Å². The Hall–Kier alpha value is -1.33. The minimum atomic E-state index is -0.361. The Morgan fingerprint density at radius 1 is 1.00 bits per heavy atom. The van der Waals surface area contributed by atoms with Crippen molar-refractivity contribution in [2.24, 2.45) is 0 Å². The standard InChI is InChI=1S/C16H12Br2O3/c17-14(11-6-7-12-13(8-11)21-9-20-12)15(18)16(19)10-4-2-1-3-5-10/h1-8,14-15H,9H2. The van der Waals surface area contributed by atoms with Crippen molar-refractivity contribution in [3.8, 4) is 11.5 Å². The third-order valence-corrected chi connectivity index (χ3v) is 5.99. The van der Waals surface area contributed by atoms with Crippen LogP contribution in [-0.2, 0) is 0 Å². The maximum absolute atomic E-state index is 12.5. The monoisotopic (exact) mass is 410 g/mol. The fraction of sp³-hybridized carbons (Fsp3) is 0.188. The van der Waals surface area contributed by atoms with Crippen LogP contribution in [0.4, 0.5) is 0 Å². The summed E-state index contributed by atoms with van der Waals surface area (Å²) in [6.07, 6.45) is 0. The third-order valence-electron chi connectivity index (χ3n) is 3.28. The average molecular weight is 412 g/mol. The number of carbonyl (C=O) groups excluding carboxylic acids is 1. The Balaban J connectivity index is 1.81. The molecule has 0 fully saturated rings.